The maximum atomic E-state index is 11.5. The van der Waals surface area contributed by atoms with Crippen LogP contribution in [0, 0.1) is 11.3 Å². The lowest BCUT2D eigenvalue weighted by molar-refractivity contribution is -0.109. The van der Waals surface area contributed by atoms with Crippen LogP contribution in [0.25, 0.3) is 6.08 Å². The molecule has 1 heterocycles. The molecule has 6 heteroatoms. The lowest BCUT2D eigenvalue weighted by Crippen LogP contribution is -2.41. The third-order valence-corrected chi connectivity index (χ3v) is 6.66. The van der Waals surface area contributed by atoms with E-state index in [1.807, 2.05) is 58.0 Å². The first-order valence-electron chi connectivity index (χ1n) is 9.30. The SMILES string of the molecule is CC(=O)SCC(=Cc1ccc(C2(C#N)CC2)cc1)B1OC(C)(C)C(C)(C)O1. The van der Waals surface area contributed by atoms with Crippen LogP contribution in [0.4, 0.5) is 0 Å². The van der Waals surface area contributed by atoms with Gasteiger partial charge in [0, 0.05) is 12.7 Å². The fourth-order valence-corrected chi connectivity index (χ4v) is 3.65. The van der Waals surface area contributed by atoms with Gasteiger partial charge >= 0.3 is 7.12 Å². The van der Waals surface area contributed by atoms with Crippen LogP contribution in [-0.4, -0.2) is 29.2 Å². The van der Waals surface area contributed by atoms with Gasteiger partial charge in [-0.15, -0.1) is 0 Å². The minimum atomic E-state index is -0.476. The summed E-state index contributed by atoms with van der Waals surface area (Å²) >= 11 is 1.26. The fourth-order valence-electron chi connectivity index (χ4n) is 3.06. The van der Waals surface area contributed by atoms with Crippen molar-refractivity contribution in [2.24, 2.45) is 0 Å². The van der Waals surface area contributed by atoms with E-state index in [0.717, 1.165) is 29.4 Å². The molecule has 3 rings (SSSR count). The second kappa shape index (κ2) is 7.12. The molecule has 1 saturated heterocycles. The van der Waals surface area contributed by atoms with Gasteiger partial charge in [0.2, 0.25) is 0 Å². The Kier molecular flexibility index (Phi) is 5.33. The largest absolute Gasteiger partial charge is 0.491 e. The van der Waals surface area contributed by atoms with Crippen LogP contribution >= 0.6 is 11.8 Å². The van der Waals surface area contributed by atoms with Gasteiger partial charge in [-0.05, 0) is 57.1 Å². The van der Waals surface area contributed by atoms with E-state index in [0.29, 0.717) is 5.75 Å². The van der Waals surface area contributed by atoms with Gasteiger partial charge in [-0.3, -0.25) is 4.79 Å². The van der Waals surface area contributed by atoms with Crippen LogP contribution < -0.4 is 0 Å². The van der Waals surface area contributed by atoms with Crippen molar-refractivity contribution >= 4 is 30.1 Å². The second-order valence-electron chi connectivity index (χ2n) is 8.40. The van der Waals surface area contributed by atoms with Crippen molar-refractivity contribution in [3.8, 4) is 6.07 Å². The van der Waals surface area contributed by atoms with Crippen LogP contribution in [0.5, 0.6) is 0 Å². The van der Waals surface area contributed by atoms with Gasteiger partial charge in [0.15, 0.2) is 5.12 Å². The molecule has 1 saturated carbocycles. The van der Waals surface area contributed by atoms with Crippen molar-refractivity contribution in [1.82, 2.24) is 0 Å². The highest BCUT2D eigenvalue weighted by Gasteiger charge is 2.52. The normalized spacial score (nSPS) is 22.4. The fraction of sp³-hybridized carbons (Fsp3) is 0.524. The molecular weight excluding hydrogens is 357 g/mol. The molecule has 0 bridgehead atoms. The van der Waals surface area contributed by atoms with E-state index >= 15 is 0 Å². The summed E-state index contributed by atoms with van der Waals surface area (Å²) < 4.78 is 12.4. The van der Waals surface area contributed by atoms with Gasteiger partial charge < -0.3 is 9.31 Å². The quantitative estimate of drug-likeness (QED) is 0.699. The molecule has 2 fully saturated rings. The topological polar surface area (TPSA) is 59.3 Å². The Morgan fingerprint density at radius 2 is 1.74 bits per heavy atom. The first-order chi connectivity index (χ1) is 12.6. The average Bonchev–Trinajstić information content (AvgIpc) is 3.35. The Balaban J connectivity index is 1.85. The number of hydrogen-bond donors (Lipinski definition) is 0. The maximum absolute atomic E-state index is 11.5. The Hall–Kier alpha value is -1.55. The number of rotatable bonds is 5. The molecule has 0 radical (unpaired) electrons. The summed E-state index contributed by atoms with van der Waals surface area (Å²) in [5, 5.41) is 9.43. The van der Waals surface area contributed by atoms with E-state index in [4.69, 9.17) is 9.31 Å². The first kappa shape index (κ1) is 20.2. The third-order valence-electron chi connectivity index (χ3n) is 5.78. The number of nitriles is 1. The van der Waals surface area contributed by atoms with E-state index in [-0.39, 0.29) is 10.5 Å². The third kappa shape index (κ3) is 4.16. The highest BCUT2D eigenvalue weighted by Crippen LogP contribution is 2.47. The molecule has 142 valence electrons. The molecule has 4 nitrogen and oxygen atoms in total. The number of thioether (sulfide) groups is 1. The zero-order chi connectivity index (χ0) is 19.9. The number of hydrogen-bond acceptors (Lipinski definition) is 5. The van der Waals surface area contributed by atoms with Gasteiger partial charge in [0.05, 0.1) is 22.7 Å². The average molecular weight is 383 g/mol. The van der Waals surface area contributed by atoms with E-state index in [2.05, 4.69) is 6.07 Å². The zero-order valence-corrected chi connectivity index (χ0v) is 17.5. The lowest BCUT2D eigenvalue weighted by atomic mass is 9.78. The smallest absolute Gasteiger partial charge is 0.400 e. The van der Waals surface area contributed by atoms with Crippen molar-refractivity contribution < 1.29 is 14.1 Å². The van der Waals surface area contributed by atoms with Crippen LogP contribution in [0.3, 0.4) is 0 Å². The highest BCUT2D eigenvalue weighted by atomic mass is 32.2. The molecular formula is C21H26BNO3S. The minimum absolute atomic E-state index is 0.0671. The molecule has 0 spiro atoms. The molecule has 27 heavy (non-hydrogen) atoms. The monoisotopic (exact) mass is 383 g/mol. The van der Waals surface area contributed by atoms with Crippen LogP contribution in [0.2, 0.25) is 0 Å². The number of benzene rings is 1. The Morgan fingerprint density at radius 3 is 2.19 bits per heavy atom. The maximum Gasteiger partial charge on any atom is 0.491 e. The van der Waals surface area contributed by atoms with Crippen molar-refractivity contribution in [1.29, 1.82) is 5.26 Å². The summed E-state index contributed by atoms with van der Waals surface area (Å²) in [6.07, 6.45) is 3.91. The van der Waals surface area contributed by atoms with Crippen molar-refractivity contribution in [2.45, 2.75) is 64.1 Å². The molecule has 0 aromatic heterocycles. The molecule has 2 aliphatic rings. The summed E-state index contributed by atoms with van der Waals surface area (Å²) in [5.74, 6) is 0.524. The standard InChI is InChI=1S/C21H26BNO3S/c1-15(24)27-13-18(22-25-19(2,3)20(4,5)26-22)12-16-6-8-17(9-7-16)21(14-23)10-11-21/h6-9,12H,10-11,13H2,1-5H3. The number of carbonyl (C=O) groups is 1. The summed E-state index contributed by atoms with van der Waals surface area (Å²) in [6, 6.07) is 10.5. The highest BCUT2D eigenvalue weighted by molar-refractivity contribution is 8.13. The summed E-state index contributed by atoms with van der Waals surface area (Å²) in [5.41, 5.74) is 1.91. The molecule has 1 aromatic carbocycles. The lowest BCUT2D eigenvalue weighted by Gasteiger charge is -2.32. The van der Waals surface area contributed by atoms with E-state index in [9.17, 15) is 10.1 Å². The molecule has 0 N–H and O–H groups in total. The van der Waals surface area contributed by atoms with Crippen molar-refractivity contribution in [3.05, 3.63) is 40.9 Å². The van der Waals surface area contributed by atoms with E-state index in [1.165, 1.54) is 11.8 Å². The van der Waals surface area contributed by atoms with Gasteiger partial charge in [0.1, 0.15) is 0 Å². The molecule has 1 aromatic rings. The van der Waals surface area contributed by atoms with E-state index < -0.39 is 18.3 Å². The van der Waals surface area contributed by atoms with Gasteiger partial charge in [0.25, 0.3) is 0 Å². The second-order valence-corrected chi connectivity index (χ2v) is 9.56. The van der Waals surface area contributed by atoms with Crippen molar-refractivity contribution in [3.63, 3.8) is 0 Å². The predicted molar refractivity (Wildman–Crippen MR) is 110 cm³/mol. The molecule has 0 amide bonds. The van der Waals surface area contributed by atoms with E-state index in [1.54, 1.807) is 6.92 Å². The summed E-state index contributed by atoms with van der Waals surface area (Å²) in [4.78, 5) is 11.5. The molecule has 0 atom stereocenters. The van der Waals surface area contributed by atoms with Crippen LogP contribution in [0.1, 0.15) is 58.6 Å². The van der Waals surface area contributed by atoms with Gasteiger partial charge in [-0.2, -0.15) is 5.26 Å². The molecule has 1 aliphatic carbocycles. The molecule has 1 aliphatic heterocycles. The Morgan fingerprint density at radius 1 is 1.19 bits per heavy atom. The molecule has 0 unspecified atom stereocenters. The van der Waals surface area contributed by atoms with Gasteiger partial charge in [-0.1, -0.05) is 42.1 Å². The van der Waals surface area contributed by atoms with Crippen molar-refractivity contribution in [2.75, 3.05) is 5.75 Å². The van der Waals surface area contributed by atoms with Crippen LogP contribution in [0.15, 0.2) is 29.7 Å². The Bertz CT molecular complexity index is 788. The summed E-state index contributed by atoms with van der Waals surface area (Å²) in [6.45, 7) is 9.66. The van der Waals surface area contributed by atoms with Gasteiger partial charge in [-0.25, -0.2) is 0 Å². The number of carbonyl (C=O) groups excluding carboxylic acids is 1. The summed E-state index contributed by atoms with van der Waals surface area (Å²) in [7, 11) is -0.476. The minimum Gasteiger partial charge on any atom is -0.400 e. The number of nitrogens with zero attached hydrogens (tertiary/aromatic N) is 1. The zero-order valence-electron chi connectivity index (χ0n) is 16.7. The Labute approximate surface area is 166 Å². The predicted octanol–water partition coefficient (Wildman–Crippen LogP) is 4.54. The van der Waals surface area contributed by atoms with Crippen LogP contribution in [-0.2, 0) is 19.5 Å². The first-order valence-corrected chi connectivity index (χ1v) is 10.3.